The molecule has 0 saturated heterocycles. The van der Waals surface area contributed by atoms with E-state index in [1.54, 1.807) is 7.11 Å². The summed E-state index contributed by atoms with van der Waals surface area (Å²) in [6, 6.07) is 5.55. The van der Waals surface area contributed by atoms with Crippen LogP contribution in [-0.2, 0) is 16.0 Å². The van der Waals surface area contributed by atoms with Crippen LogP contribution in [0.1, 0.15) is 32.3 Å². The molecule has 0 aliphatic carbocycles. The Hall–Kier alpha value is -2.24. The normalized spacial score (nSPS) is 16.9. The second-order valence-electron chi connectivity index (χ2n) is 6.45. The van der Waals surface area contributed by atoms with Gasteiger partial charge in [0.25, 0.3) is 0 Å². The lowest BCUT2D eigenvalue weighted by atomic mass is 9.93. The predicted molar refractivity (Wildman–Crippen MR) is 84.8 cm³/mol. The van der Waals surface area contributed by atoms with Gasteiger partial charge < -0.3 is 19.9 Å². The lowest BCUT2D eigenvalue weighted by Crippen LogP contribution is -2.48. The van der Waals surface area contributed by atoms with Crippen LogP contribution in [-0.4, -0.2) is 36.2 Å². The van der Waals surface area contributed by atoms with Crippen molar-refractivity contribution in [3.8, 4) is 11.5 Å². The number of benzene rings is 1. The van der Waals surface area contributed by atoms with Gasteiger partial charge in [0, 0.05) is 12.0 Å². The molecule has 0 radical (unpaired) electrons. The number of hydrogen-bond acceptors (Lipinski definition) is 4. The first-order chi connectivity index (χ1) is 10.8. The summed E-state index contributed by atoms with van der Waals surface area (Å²) in [6.45, 7) is 3.98. The number of methoxy groups -OCH3 is 1. The van der Waals surface area contributed by atoms with Crippen molar-refractivity contribution in [3.05, 3.63) is 23.8 Å². The van der Waals surface area contributed by atoms with E-state index in [-0.39, 0.29) is 18.2 Å². The maximum atomic E-state index is 12.5. The smallest absolute Gasteiger partial charge is 0.303 e. The molecule has 6 heteroatoms. The van der Waals surface area contributed by atoms with Gasteiger partial charge in [0.05, 0.1) is 13.0 Å². The van der Waals surface area contributed by atoms with Crippen molar-refractivity contribution in [3.63, 3.8) is 0 Å². The number of carboxylic acids is 1. The minimum atomic E-state index is -0.866. The van der Waals surface area contributed by atoms with Gasteiger partial charge in [0.2, 0.25) is 5.91 Å². The molecule has 1 aliphatic heterocycles. The number of carboxylic acid groups (broad SMARTS) is 1. The van der Waals surface area contributed by atoms with Gasteiger partial charge in [-0.15, -0.1) is 0 Å². The standard InChI is InChI=1S/C17H23NO5/c1-17(2,7-6-15(19)20)18-16(21)12-8-11-9-13(22-3)4-5-14(11)23-10-12/h4-5,9,12H,6-8,10H2,1-3H3,(H,18,21)(H,19,20). The molecular weight excluding hydrogens is 298 g/mol. The third-order valence-corrected chi connectivity index (χ3v) is 3.97. The molecule has 2 rings (SSSR count). The number of amides is 1. The average molecular weight is 321 g/mol. The third kappa shape index (κ3) is 4.61. The zero-order chi connectivity index (χ0) is 17.0. The Labute approximate surface area is 135 Å². The molecular formula is C17H23NO5. The van der Waals surface area contributed by atoms with Gasteiger partial charge in [0.15, 0.2) is 0 Å². The van der Waals surface area contributed by atoms with E-state index in [1.165, 1.54) is 0 Å². The van der Waals surface area contributed by atoms with Gasteiger partial charge in [-0.25, -0.2) is 0 Å². The molecule has 2 N–H and O–H groups in total. The number of nitrogens with one attached hydrogen (secondary N) is 1. The fourth-order valence-corrected chi connectivity index (χ4v) is 2.58. The number of carbonyl (C=O) groups is 2. The van der Waals surface area contributed by atoms with E-state index < -0.39 is 11.5 Å². The molecule has 126 valence electrons. The molecule has 0 fully saturated rings. The highest BCUT2D eigenvalue weighted by Crippen LogP contribution is 2.31. The summed E-state index contributed by atoms with van der Waals surface area (Å²) in [5, 5.41) is 11.7. The van der Waals surface area contributed by atoms with E-state index >= 15 is 0 Å². The number of carbonyl (C=O) groups excluding carboxylic acids is 1. The first-order valence-electron chi connectivity index (χ1n) is 7.64. The number of ether oxygens (including phenoxy) is 2. The molecule has 1 unspecified atom stereocenters. The van der Waals surface area contributed by atoms with Crippen molar-refractivity contribution >= 4 is 11.9 Å². The predicted octanol–water partition coefficient (Wildman–Crippen LogP) is 2.01. The Bertz CT molecular complexity index is 597. The molecule has 0 saturated carbocycles. The SMILES string of the molecule is COc1ccc2c(c1)CC(C(=O)NC(C)(C)CCC(=O)O)CO2. The van der Waals surface area contributed by atoms with Crippen molar-refractivity contribution in [2.24, 2.45) is 5.92 Å². The van der Waals surface area contributed by atoms with E-state index in [0.29, 0.717) is 19.4 Å². The van der Waals surface area contributed by atoms with Crippen molar-refractivity contribution < 1.29 is 24.2 Å². The maximum Gasteiger partial charge on any atom is 0.303 e. The van der Waals surface area contributed by atoms with E-state index in [4.69, 9.17) is 14.6 Å². The van der Waals surface area contributed by atoms with E-state index in [2.05, 4.69) is 5.32 Å². The molecule has 23 heavy (non-hydrogen) atoms. The van der Waals surface area contributed by atoms with Crippen LogP contribution in [0.3, 0.4) is 0 Å². The van der Waals surface area contributed by atoms with Gasteiger partial charge in [-0.1, -0.05) is 0 Å². The van der Waals surface area contributed by atoms with E-state index in [9.17, 15) is 9.59 Å². The Balaban J connectivity index is 1.99. The van der Waals surface area contributed by atoms with Crippen molar-refractivity contribution in [1.82, 2.24) is 5.32 Å². The topological polar surface area (TPSA) is 84.9 Å². The van der Waals surface area contributed by atoms with Crippen LogP contribution in [0.4, 0.5) is 0 Å². The molecule has 1 aromatic rings. The van der Waals surface area contributed by atoms with Crippen molar-refractivity contribution in [2.75, 3.05) is 13.7 Å². The number of rotatable bonds is 6. The summed E-state index contributed by atoms with van der Waals surface area (Å²) in [6.07, 6.45) is 0.980. The molecule has 0 spiro atoms. The Kier molecular flexibility index (Phi) is 5.13. The monoisotopic (exact) mass is 321 g/mol. The van der Waals surface area contributed by atoms with Crippen LogP contribution in [0.15, 0.2) is 18.2 Å². The highest BCUT2D eigenvalue weighted by Gasteiger charge is 2.30. The molecule has 1 amide bonds. The second-order valence-corrected chi connectivity index (χ2v) is 6.45. The highest BCUT2D eigenvalue weighted by molar-refractivity contribution is 5.80. The molecule has 1 atom stereocenters. The Morgan fingerprint density at radius 3 is 2.83 bits per heavy atom. The zero-order valence-electron chi connectivity index (χ0n) is 13.7. The largest absolute Gasteiger partial charge is 0.497 e. The van der Waals surface area contributed by atoms with E-state index in [1.807, 2.05) is 32.0 Å². The molecule has 1 aliphatic rings. The molecule has 0 bridgehead atoms. The highest BCUT2D eigenvalue weighted by atomic mass is 16.5. The lowest BCUT2D eigenvalue weighted by molar-refractivity contribution is -0.138. The van der Waals surface area contributed by atoms with Gasteiger partial charge in [0.1, 0.15) is 18.1 Å². The minimum Gasteiger partial charge on any atom is -0.497 e. The van der Waals surface area contributed by atoms with Gasteiger partial charge in [-0.3, -0.25) is 9.59 Å². The molecule has 6 nitrogen and oxygen atoms in total. The van der Waals surface area contributed by atoms with Crippen LogP contribution in [0.2, 0.25) is 0 Å². The first-order valence-corrected chi connectivity index (χ1v) is 7.64. The summed E-state index contributed by atoms with van der Waals surface area (Å²) in [5.74, 6) is 0.233. The maximum absolute atomic E-state index is 12.5. The molecule has 1 heterocycles. The second kappa shape index (κ2) is 6.89. The van der Waals surface area contributed by atoms with Gasteiger partial charge in [-0.05, 0) is 50.5 Å². The summed E-state index contributed by atoms with van der Waals surface area (Å²) >= 11 is 0. The van der Waals surface area contributed by atoms with E-state index in [0.717, 1.165) is 17.1 Å². The average Bonchev–Trinajstić information content (AvgIpc) is 2.51. The number of fused-ring (bicyclic) bond motifs is 1. The molecule has 1 aromatic carbocycles. The summed E-state index contributed by atoms with van der Waals surface area (Å²) in [4.78, 5) is 23.1. The fraction of sp³-hybridized carbons (Fsp3) is 0.529. The van der Waals surface area contributed by atoms with Crippen LogP contribution >= 0.6 is 0 Å². The van der Waals surface area contributed by atoms with Crippen LogP contribution in [0, 0.1) is 5.92 Å². The van der Waals surface area contributed by atoms with Crippen molar-refractivity contribution in [1.29, 1.82) is 0 Å². The number of hydrogen-bond donors (Lipinski definition) is 2. The van der Waals surface area contributed by atoms with Crippen LogP contribution in [0.25, 0.3) is 0 Å². The lowest BCUT2D eigenvalue weighted by Gasteiger charge is -2.30. The summed E-state index contributed by atoms with van der Waals surface area (Å²) < 4.78 is 10.9. The van der Waals surface area contributed by atoms with Crippen LogP contribution < -0.4 is 14.8 Å². The Morgan fingerprint density at radius 1 is 1.43 bits per heavy atom. The van der Waals surface area contributed by atoms with Crippen LogP contribution in [0.5, 0.6) is 11.5 Å². The summed E-state index contributed by atoms with van der Waals surface area (Å²) in [5.41, 5.74) is 0.378. The quantitative estimate of drug-likeness (QED) is 0.837. The van der Waals surface area contributed by atoms with Gasteiger partial charge in [-0.2, -0.15) is 0 Å². The van der Waals surface area contributed by atoms with Crippen molar-refractivity contribution in [2.45, 2.75) is 38.6 Å². The summed E-state index contributed by atoms with van der Waals surface area (Å²) in [7, 11) is 1.60. The van der Waals surface area contributed by atoms with Gasteiger partial charge >= 0.3 is 5.97 Å². The minimum absolute atomic E-state index is 0.0223. The third-order valence-electron chi connectivity index (χ3n) is 3.97. The number of aliphatic carboxylic acids is 1. The first kappa shape index (κ1) is 17.1. The molecule has 0 aromatic heterocycles. The Morgan fingerprint density at radius 2 is 2.17 bits per heavy atom. The zero-order valence-corrected chi connectivity index (χ0v) is 13.7. The fourth-order valence-electron chi connectivity index (χ4n) is 2.58.